The fourth-order valence-corrected chi connectivity index (χ4v) is 5.65. The summed E-state index contributed by atoms with van der Waals surface area (Å²) in [4.78, 5) is 22.3. The van der Waals surface area contributed by atoms with Crippen LogP contribution in [0.5, 0.6) is 0 Å². The van der Waals surface area contributed by atoms with E-state index in [0.29, 0.717) is 0 Å². The summed E-state index contributed by atoms with van der Waals surface area (Å²) in [5, 5.41) is 6.43. The molecule has 7 heteroatoms. The molecule has 156 valence electrons. The van der Waals surface area contributed by atoms with Gasteiger partial charge in [0.25, 0.3) is 0 Å². The maximum Gasteiger partial charge on any atom is 0.227 e. The number of piperidine rings is 1. The lowest BCUT2D eigenvalue weighted by Gasteiger charge is -2.30. The number of anilines is 1. The molecule has 2 aliphatic rings. The summed E-state index contributed by atoms with van der Waals surface area (Å²) in [6.45, 7) is 8.14. The Labute approximate surface area is 181 Å². The van der Waals surface area contributed by atoms with Gasteiger partial charge >= 0.3 is 0 Å². The normalized spacial score (nSPS) is 19.3. The van der Waals surface area contributed by atoms with Crippen LogP contribution in [0.1, 0.15) is 29.1 Å². The zero-order chi connectivity index (χ0) is 20.1. The number of aromatic nitrogens is 1. The molecule has 1 aromatic heterocycles. The third-order valence-electron chi connectivity index (χ3n) is 5.71. The number of hydrogen-bond acceptors (Lipinski definition) is 6. The van der Waals surface area contributed by atoms with Crippen LogP contribution in [0.4, 0.5) is 5.69 Å². The molecular weight excluding hydrogens is 400 g/mol. The van der Waals surface area contributed by atoms with Crippen molar-refractivity contribution < 1.29 is 4.79 Å². The maximum atomic E-state index is 12.8. The number of aryl methyl sites for hydroxylation is 1. The molecule has 2 fully saturated rings. The van der Waals surface area contributed by atoms with Gasteiger partial charge < -0.3 is 5.32 Å². The van der Waals surface area contributed by atoms with Gasteiger partial charge in [0, 0.05) is 54.7 Å². The predicted molar refractivity (Wildman–Crippen MR) is 123 cm³/mol. The van der Waals surface area contributed by atoms with Crippen molar-refractivity contribution in [2.24, 2.45) is 5.92 Å². The molecule has 0 unspecified atom stereocenters. The number of thioether (sulfide) groups is 1. The van der Waals surface area contributed by atoms with Gasteiger partial charge in [0.2, 0.25) is 5.91 Å². The summed E-state index contributed by atoms with van der Waals surface area (Å²) < 4.78 is 0. The molecule has 2 aliphatic heterocycles. The Kier molecular flexibility index (Phi) is 7.24. The molecule has 1 aromatic carbocycles. The highest BCUT2D eigenvalue weighted by atomic mass is 32.2. The number of hydrogen-bond donors (Lipinski definition) is 1. The van der Waals surface area contributed by atoms with Crippen molar-refractivity contribution in [2.75, 3.05) is 43.0 Å². The lowest BCUT2D eigenvalue weighted by molar-refractivity contribution is -0.121. The average Bonchev–Trinajstić information content (AvgIpc) is 3.14. The first-order valence-electron chi connectivity index (χ1n) is 10.5. The Morgan fingerprint density at radius 1 is 1.14 bits per heavy atom. The number of amides is 1. The van der Waals surface area contributed by atoms with E-state index in [1.807, 2.05) is 24.8 Å². The van der Waals surface area contributed by atoms with E-state index in [4.69, 9.17) is 0 Å². The smallest absolute Gasteiger partial charge is 0.227 e. The van der Waals surface area contributed by atoms with Gasteiger partial charge in [-0.3, -0.25) is 14.6 Å². The molecule has 0 radical (unpaired) electrons. The number of nitrogens with zero attached hydrogens (tertiary/aromatic N) is 3. The van der Waals surface area contributed by atoms with Crippen LogP contribution in [0.25, 0.3) is 0 Å². The van der Waals surface area contributed by atoms with Crippen molar-refractivity contribution in [3.8, 4) is 0 Å². The van der Waals surface area contributed by atoms with E-state index in [1.165, 1.54) is 17.1 Å². The summed E-state index contributed by atoms with van der Waals surface area (Å²) in [6.07, 6.45) is 1.83. The summed E-state index contributed by atoms with van der Waals surface area (Å²) in [7, 11) is 0. The van der Waals surface area contributed by atoms with Crippen LogP contribution in [0.2, 0.25) is 0 Å². The second kappa shape index (κ2) is 10.1. The topological polar surface area (TPSA) is 48.5 Å². The molecule has 5 nitrogen and oxygen atoms in total. The second-order valence-electron chi connectivity index (χ2n) is 7.99. The Morgan fingerprint density at radius 3 is 2.62 bits per heavy atom. The number of nitrogens with one attached hydrogen (secondary N) is 1. The van der Waals surface area contributed by atoms with E-state index in [-0.39, 0.29) is 11.8 Å². The zero-order valence-electron chi connectivity index (χ0n) is 17.1. The van der Waals surface area contributed by atoms with Crippen molar-refractivity contribution in [1.29, 1.82) is 0 Å². The van der Waals surface area contributed by atoms with Gasteiger partial charge in [0.1, 0.15) is 0 Å². The molecule has 0 bridgehead atoms. The molecule has 3 heterocycles. The van der Waals surface area contributed by atoms with E-state index in [2.05, 4.69) is 43.7 Å². The number of benzene rings is 1. The summed E-state index contributed by atoms with van der Waals surface area (Å²) in [5.74, 6) is 2.71. The average molecular weight is 431 g/mol. The van der Waals surface area contributed by atoms with Crippen LogP contribution in [0.15, 0.2) is 29.6 Å². The Balaban J connectivity index is 1.25. The first-order chi connectivity index (χ1) is 14.2. The van der Waals surface area contributed by atoms with E-state index < -0.39 is 0 Å². The van der Waals surface area contributed by atoms with Crippen molar-refractivity contribution in [3.05, 3.63) is 45.9 Å². The molecule has 1 N–H and O–H groups in total. The first kappa shape index (κ1) is 20.8. The minimum Gasteiger partial charge on any atom is -0.326 e. The molecule has 29 heavy (non-hydrogen) atoms. The molecule has 0 aliphatic carbocycles. The SMILES string of the molecule is Cc1nc(CN2CCC(C(=O)Nc3cccc(CN4CCSCC4)c3)CC2)cs1. The fourth-order valence-electron chi connectivity index (χ4n) is 4.07. The van der Waals surface area contributed by atoms with Crippen molar-refractivity contribution >= 4 is 34.7 Å². The Bertz CT molecular complexity index is 811. The number of likely N-dealkylation sites (tertiary alicyclic amines) is 1. The predicted octanol–water partition coefficient (Wildman–Crippen LogP) is 3.85. The van der Waals surface area contributed by atoms with Gasteiger partial charge in [-0.2, -0.15) is 11.8 Å². The van der Waals surface area contributed by atoms with Crippen molar-refractivity contribution in [3.63, 3.8) is 0 Å². The van der Waals surface area contributed by atoms with E-state index >= 15 is 0 Å². The van der Waals surface area contributed by atoms with Crippen LogP contribution in [0, 0.1) is 12.8 Å². The van der Waals surface area contributed by atoms with Gasteiger partial charge in [-0.1, -0.05) is 12.1 Å². The molecule has 0 spiro atoms. The van der Waals surface area contributed by atoms with E-state index in [1.54, 1.807) is 11.3 Å². The molecule has 4 rings (SSSR count). The van der Waals surface area contributed by atoms with E-state index in [9.17, 15) is 4.79 Å². The third-order valence-corrected chi connectivity index (χ3v) is 7.48. The second-order valence-corrected chi connectivity index (χ2v) is 10.3. The van der Waals surface area contributed by atoms with Crippen LogP contribution >= 0.6 is 23.1 Å². The lowest BCUT2D eigenvalue weighted by Crippen LogP contribution is -2.37. The first-order valence-corrected chi connectivity index (χ1v) is 12.5. The standard InChI is InChI=1S/C22H30N4OS2/c1-17-23-21(16-29-17)15-25-7-5-19(6-8-25)22(27)24-20-4-2-3-18(13-20)14-26-9-11-28-12-10-26/h2-4,13,16,19H,5-12,14-15H2,1H3,(H,24,27). The third kappa shape index (κ3) is 6.04. The summed E-state index contributed by atoms with van der Waals surface area (Å²) in [6, 6.07) is 8.37. The van der Waals surface area contributed by atoms with Gasteiger partial charge in [-0.25, -0.2) is 4.98 Å². The Hall–Kier alpha value is -1.41. The van der Waals surface area contributed by atoms with Gasteiger partial charge in [-0.15, -0.1) is 11.3 Å². The summed E-state index contributed by atoms with van der Waals surface area (Å²) in [5.41, 5.74) is 3.36. The molecule has 2 aromatic rings. The zero-order valence-corrected chi connectivity index (χ0v) is 18.7. The highest BCUT2D eigenvalue weighted by Crippen LogP contribution is 2.22. The largest absolute Gasteiger partial charge is 0.326 e. The van der Waals surface area contributed by atoms with Crippen LogP contribution in [-0.4, -0.2) is 58.4 Å². The highest BCUT2D eigenvalue weighted by Gasteiger charge is 2.25. The van der Waals surface area contributed by atoms with Crippen LogP contribution < -0.4 is 5.32 Å². The van der Waals surface area contributed by atoms with Gasteiger partial charge in [-0.05, 0) is 50.6 Å². The van der Waals surface area contributed by atoms with Crippen molar-refractivity contribution in [2.45, 2.75) is 32.9 Å². The monoisotopic (exact) mass is 430 g/mol. The van der Waals surface area contributed by atoms with Crippen molar-refractivity contribution in [1.82, 2.24) is 14.8 Å². The molecule has 0 atom stereocenters. The highest BCUT2D eigenvalue weighted by molar-refractivity contribution is 7.99. The van der Waals surface area contributed by atoms with Crippen LogP contribution in [0.3, 0.4) is 0 Å². The maximum absolute atomic E-state index is 12.8. The number of rotatable bonds is 6. The minimum atomic E-state index is 0.103. The number of carbonyl (C=O) groups excluding carboxylic acids is 1. The molecular formula is C22H30N4OS2. The van der Waals surface area contributed by atoms with Gasteiger partial charge in [0.05, 0.1) is 10.7 Å². The minimum absolute atomic E-state index is 0.103. The van der Waals surface area contributed by atoms with Crippen LogP contribution in [-0.2, 0) is 17.9 Å². The molecule has 1 amide bonds. The Morgan fingerprint density at radius 2 is 1.90 bits per heavy atom. The number of thiazole rings is 1. The molecule has 2 saturated heterocycles. The summed E-state index contributed by atoms with van der Waals surface area (Å²) >= 11 is 3.74. The quantitative estimate of drug-likeness (QED) is 0.754. The van der Waals surface area contributed by atoms with E-state index in [0.717, 1.165) is 68.5 Å². The number of carbonyl (C=O) groups is 1. The lowest BCUT2D eigenvalue weighted by atomic mass is 9.95. The fraction of sp³-hybridized carbons (Fsp3) is 0.545. The van der Waals surface area contributed by atoms with Gasteiger partial charge in [0.15, 0.2) is 0 Å². The molecule has 0 saturated carbocycles.